The molecule has 0 amide bonds. The van der Waals surface area contributed by atoms with Crippen LogP contribution in [0.5, 0.6) is 0 Å². The molecule has 4 heteroatoms. The topological polar surface area (TPSA) is 63.6 Å². The molecule has 16 heavy (non-hydrogen) atoms. The van der Waals surface area contributed by atoms with Crippen molar-refractivity contribution in [1.29, 1.82) is 0 Å². The molecule has 0 aliphatic rings. The predicted octanol–water partition coefficient (Wildman–Crippen LogP) is 2.41. The zero-order chi connectivity index (χ0) is 12.6. The number of ketones is 1. The molecule has 0 aromatic rings. The van der Waals surface area contributed by atoms with Crippen molar-refractivity contribution in [3.8, 4) is 0 Å². The highest BCUT2D eigenvalue weighted by molar-refractivity contribution is 6.06. The third-order valence-electron chi connectivity index (χ3n) is 2.62. The molecule has 0 bridgehead atoms. The van der Waals surface area contributed by atoms with Crippen molar-refractivity contribution in [3.63, 3.8) is 0 Å². The molecule has 0 saturated heterocycles. The summed E-state index contributed by atoms with van der Waals surface area (Å²) < 4.78 is 5.35. The van der Waals surface area contributed by atoms with Gasteiger partial charge in [-0.1, -0.05) is 27.2 Å². The van der Waals surface area contributed by atoms with E-state index < -0.39 is 11.6 Å². The minimum absolute atomic E-state index is 0.185. The van der Waals surface area contributed by atoms with Gasteiger partial charge < -0.3 is 9.84 Å². The second-order valence-electron chi connectivity index (χ2n) is 3.86. The Kier molecular flexibility index (Phi) is 6.97. The van der Waals surface area contributed by atoms with Crippen molar-refractivity contribution in [2.75, 3.05) is 6.61 Å². The lowest BCUT2D eigenvalue weighted by atomic mass is 9.92. The highest BCUT2D eigenvalue weighted by atomic mass is 16.5. The molecule has 0 spiro atoms. The Hall–Kier alpha value is -0.900. The van der Waals surface area contributed by atoms with Gasteiger partial charge in [-0.2, -0.15) is 0 Å². The van der Waals surface area contributed by atoms with Gasteiger partial charge >= 0.3 is 5.97 Å². The van der Waals surface area contributed by atoms with Gasteiger partial charge in [0.05, 0.1) is 0 Å². The number of hydrogen-bond donors (Lipinski definition) is 1. The van der Waals surface area contributed by atoms with Crippen LogP contribution in [0.3, 0.4) is 0 Å². The predicted molar refractivity (Wildman–Crippen MR) is 61.4 cm³/mol. The summed E-state index contributed by atoms with van der Waals surface area (Å²) in [5, 5.41) is 9.17. The molecule has 94 valence electrons. The molecule has 0 aromatic carbocycles. The number of aliphatic carboxylic acids is 1. The minimum Gasteiger partial charge on any atom is -0.479 e. The average molecular weight is 230 g/mol. The third kappa shape index (κ3) is 3.59. The molecule has 0 heterocycles. The van der Waals surface area contributed by atoms with Crippen LogP contribution in [0.1, 0.15) is 52.9 Å². The van der Waals surface area contributed by atoms with Gasteiger partial charge in [-0.15, -0.1) is 0 Å². The molecule has 0 saturated carbocycles. The Balaban J connectivity index is 4.71. The monoisotopic (exact) mass is 230 g/mol. The second kappa shape index (κ2) is 7.39. The Morgan fingerprint density at radius 3 is 2.19 bits per heavy atom. The van der Waals surface area contributed by atoms with E-state index >= 15 is 0 Å². The van der Waals surface area contributed by atoms with Gasteiger partial charge in [0.2, 0.25) is 5.60 Å². The molecule has 0 rings (SSSR count). The van der Waals surface area contributed by atoms with Gasteiger partial charge in [-0.05, 0) is 19.3 Å². The van der Waals surface area contributed by atoms with E-state index in [-0.39, 0.29) is 18.6 Å². The molecular formula is C12H22O4. The summed E-state index contributed by atoms with van der Waals surface area (Å²) in [6, 6.07) is 0. The molecule has 1 N–H and O–H groups in total. The Morgan fingerprint density at radius 2 is 1.81 bits per heavy atom. The van der Waals surface area contributed by atoms with E-state index in [2.05, 4.69) is 0 Å². The van der Waals surface area contributed by atoms with Crippen LogP contribution < -0.4 is 0 Å². The molecule has 0 fully saturated rings. The third-order valence-corrected chi connectivity index (χ3v) is 2.62. The fraction of sp³-hybridized carbons (Fsp3) is 0.833. The quantitative estimate of drug-likeness (QED) is 0.488. The van der Waals surface area contributed by atoms with Crippen LogP contribution in [0.2, 0.25) is 0 Å². The highest BCUT2D eigenvalue weighted by Crippen LogP contribution is 2.21. The maximum absolute atomic E-state index is 11.8. The number of carboxylic acid groups (broad SMARTS) is 1. The summed E-state index contributed by atoms with van der Waals surface area (Å²) in [5.41, 5.74) is -1.62. The molecular weight excluding hydrogens is 208 g/mol. The van der Waals surface area contributed by atoms with Crippen molar-refractivity contribution < 1.29 is 19.4 Å². The number of carboxylic acids is 1. The minimum atomic E-state index is -1.62. The van der Waals surface area contributed by atoms with E-state index in [9.17, 15) is 14.7 Å². The van der Waals surface area contributed by atoms with Crippen molar-refractivity contribution >= 4 is 11.8 Å². The van der Waals surface area contributed by atoms with Gasteiger partial charge in [0.1, 0.15) is 0 Å². The number of ether oxygens (including phenoxy) is 1. The summed E-state index contributed by atoms with van der Waals surface area (Å²) in [5.74, 6) is -1.48. The Labute approximate surface area is 97.0 Å². The van der Waals surface area contributed by atoms with E-state index in [1.807, 2.05) is 13.8 Å². The number of Topliss-reactive ketones (excluding diaryl/α,β-unsaturated/α-hetero) is 1. The second-order valence-corrected chi connectivity index (χ2v) is 3.86. The first kappa shape index (κ1) is 15.1. The van der Waals surface area contributed by atoms with Crippen LogP contribution in [0, 0.1) is 0 Å². The van der Waals surface area contributed by atoms with Gasteiger partial charge in [-0.25, -0.2) is 4.79 Å². The standard InChI is InChI=1S/C12H22O4/c1-4-7-9-16-12(6-3,11(14)15)10(13)8-5-2/h4-9H2,1-3H3,(H,14,15). The van der Waals surface area contributed by atoms with E-state index in [4.69, 9.17) is 4.74 Å². The number of rotatable bonds is 9. The lowest BCUT2D eigenvalue weighted by molar-refractivity contribution is -0.173. The van der Waals surface area contributed by atoms with Crippen molar-refractivity contribution in [2.45, 2.75) is 58.5 Å². The largest absolute Gasteiger partial charge is 0.479 e. The molecule has 4 nitrogen and oxygen atoms in total. The van der Waals surface area contributed by atoms with Crippen molar-refractivity contribution in [2.24, 2.45) is 0 Å². The fourth-order valence-electron chi connectivity index (χ4n) is 1.53. The molecule has 0 aliphatic heterocycles. The first-order chi connectivity index (χ1) is 7.55. The Bertz CT molecular complexity index is 237. The van der Waals surface area contributed by atoms with Gasteiger partial charge in [0.25, 0.3) is 0 Å². The summed E-state index contributed by atoms with van der Waals surface area (Å²) in [7, 11) is 0. The summed E-state index contributed by atoms with van der Waals surface area (Å²) in [6.45, 7) is 5.84. The maximum atomic E-state index is 11.8. The van der Waals surface area contributed by atoms with E-state index in [1.54, 1.807) is 6.92 Å². The summed E-state index contributed by atoms with van der Waals surface area (Å²) >= 11 is 0. The summed E-state index contributed by atoms with van der Waals surface area (Å²) in [4.78, 5) is 23.0. The summed E-state index contributed by atoms with van der Waals surface area (Å²) in [6.07, 6.45) is 2.78. The maximum Gasteiger partial charge on any atom is 0.343 e. The number of carbonyl (C=O) groups excluding carboxylic acids is 1. The first-order valence-electron chi connectivity index (χ1n) is 5.95. The van der Waals surface area contributed by atoms with E-state index in [0.29, 0.717) is 13.0 Å². The Morgan fingerprint density at radius 1 is 1.19 bits per heavy atom. The van der Waals surface area contributed by atoms with Crippen LogP contribution in [-0.2, 0) is 14.3 Å². The fourth-order valence-corrected chi connectivity index (χ4v) is 1.53. The van der Waals surface area contributed by atoms with Gasteiger partial charge in [0.15, 0.2) is 5.78 Å². The number of unbranched alkanes of at least 4 members (excludes halogenated alkanes) is 1. The van der Waals surface area contributed by atoms with Crippen LogP contribution in [0.25, 0.3) is 0 Å². The lowest BCUT2D eigenvalue weighted by Gasteiger charge is -2.26. The average Bonchev–Trinajstić information content (AvgIpc) is 2.24. The number of carbonyl (C=O) groups is 2. The normalized spacial score (nSPS) is 14.4. The molecule has 1 atom stereocenters. The van der Waals surface area contributed by atoms with Crippen LogP contribution in [0.4, 0.5) is 0 Å². The molecule has 0 aliphatic carbocycles. The van der Waals surface area contributed by atoms with Crippen molar-refractivity contribution in [3.05, 3.63) is 0 Å². The highest BCUT2D eigenvalue weighted by Gasteiger charge is 2.44. The molecule has 0 radical (unpaired) electrons. The van der Waals surface area contributed by atoms with Gasteiger partial charge in [-0.3, -0.25) is 4.79 Å². The van der Waals surface area contributed by atoms with E-state index in [0.717, 1.165) is 12.8 Å². The van der Waals surface area contributed by atoms with Crippen LogP contribution >= 0.6 is 0 Å². The zero-order valence-electron chi connectivity index (χ0n) is 10.4. The van der Waals surface area contributed by atoms with Gasteiger partial charge in [0, 0.05) is 13.0 Å². The molecule has 0 aromatic heterocycles. The van der Waals surface area contributed by atoms with E-state index in [1.165, 1.54) is 0 Å². The molecule has 1 unspecified atom stereocenters. The number of hydrogen-bond acceptors (Lipinski definition) is 3. The van der Waals surface area contributed by atoms with Crippen molar-refractivity contribution in [1.82, 2.24) is 0 Å². The zero-order valence-corrected chi connectivity index (χ0v) is 10.4. The SMILES string of the molecule is CCCCOC(CC)(C(=O)O)C(=O)CCC. The first-order valence-corrected chi connectivity index (χ1v) is 5.95. The lowest BCUT2D eigenvalue weighted by Crippen LogP contribution is -2.48. The smallest absolute Gasteiger partial charge is 0.343 e. The van der Waals surface area contributed by atoms with Crippen LogP contribution in [-0.4, -0.2) is 29.1 Å². The van der Waals surface area contributed by atoms with Crippen LogP contribution in [0.15, 0.2) is 0 Å².